The molecule has 1 aromatic rings. The van der Waals surface area contributed by atoms with E-state index in [0.717, 1.165) is 6.42 Å². The first-order chi connectivity index (χ1) is 13.6. The van der Waals surface area contributed by atoms with Crippen LogP contribution < -0.4 is 10.6 Å². The Morgan fingerprint density at radius 2 is 2.00 bits per heavy atom. The number of hydrogen-bond acceptors (Lipinski definition) is 7. The summed E-state index contributed by atoms with van der Waals surface area (Å²) in [6.07, 6.45) is 2.79. The van der Waals surface area contributed by atoms with Crippen molar-refractivity contribution in [1.82, 2.24) is 15.2 Å². The summed E-state index contributed by atoms with van der Waals surface area (Å²) in [5.41, 5.74) is -1.26. The third kappa shape index (κ3) is 6.97. The van der Waals surface area contributed by atoms with Gasteiger partial charge in [-0.15, -0.1) is 11.3 Å². The molecule has 0 spiro atoms. The van der Waals surface area contributed by atoms with Gasteiger partial charge in [0.25, 0.3) is 0 Å². The summed E-state index contributed by atoms with van der Waals surface area (Å²) < 4.78 is 10.9. The van der Waals surface area contributed by atoms with Crippen LogP contribution in [-0.4, -0.2) is 65.7 Å². The Hall–Kier alpha value is -2.20. The van der Waals surface area contributed by atoms with Gasteiger partial charge in [-0.1, -0.05) is 0 Å². The molecule has 2 N–H and O–H groups in total. The Kier molecular flexibility index (Phi) is 7.97. The highest BCUT2D eigenvalue weighted by Crippen LogP contribution is 2.31. The van der Waals surface area contributed by atoms with Crippen molar-refractivity contribution >= 4 is 34.4 Å². The number of amides is 3. The highest BCUT2D eigenvalue weighted by atomic mass is 32.1. The van der Waals surface area contributed by atoms with E-state index in [-0.39, 0.29) is 37.8 Å². The molecule has 0 aliphatic carbocycles. The van der Waals surface area contributed by atoms with Crippen molar-refractivity contribution in [3.63, 3.8) is 0 Å². The summed E-state index contributed by atoms with van der Waals surface area (Å²) in [6.45, 7) is 6.53. The lowest BCUT2D eigenvalue weighted by molar-refractivity contribution is -0.125. The van der Waals surface area contributed by atoms with E-state index < -0.39 is 17.2 Å². The van der Waals surface area contributed by atoms with Crippen LogP contribution in [0, 0.1) is 0 Å². The predicted octanol–water partition coefficient (Wildman–Crippen LogP) is 2.39. The summed E-state index contributed by atoms with van der Waals surface area (Å²) in [5, 5.41) is 7.76. The molecule has 1 aliphatic heterocycles. The van der Waals surface area contributed by atoms with E-state index >= 15 is 0 Å². The molecule has 0 radical (unpaired) electrons. The number of nitrogens with one attached hydrogen (secondary N) is 2. The quantitative estimate of drug-likeness (QED) is 0.661. The van der Waals surface area contributed by atoms with Crippen molar-refractivity contribution in [2.75, 3.05) is 32.1 Å². The van der Waals surface area contributed by atoms with Gasteiger partial charge >= 0.3 is 6.09 Å². The Morgan fingerprint density at radius 3 is 2.62 bits per heavy atom. The zero-order valence-corrected chi connectivity index (χ0v) is 18.3. The minimum absolute atomic E-state index is 0.0483. The van der Waals surface area contributed by atoms with Gasteiger partial charge in [0, 0.05) is 44.6 Å². The minimum Gasteiger partial charge on any atom is -0.444 e. The van der Waals surface area contributed by atoms with Crippen molar-refractivity contribution in [2.24, 2.45) is 0 Å². The average molecular weight is 427 g/mol. The zero-order chi connectivity index (χ0) is 21.5. The summed E-state index contributed by atoms with van der Waals surface area (Å²) in [7, 11) is 1.57. The molecular weight excluding hydrogens is 396 g/mol. The molecule has 1 aliphatic rings. The third-order valence-electron chi connectivity index (χ3n) is 4.50. The standard InChI is InChI=1S/C19H30N4O5S/c1-18(2,3)28-17(26)23-10-5-8-19(23,13-27-4)12-21-14(24)6-7-15(25)22-16-20-9-11-29-16/h9,11H,5-8,10,12-13H2,1-4H3,(H,21,24)(H,20,22,25)/t19-/m0/s1. The number of rotatable bonds is 8. The van der Waals surface area contributed by atoms with Crippen LogP contribution in [0.3, 0.4) is 0 Å². The Bertz CT molecular complexity index is 704. The second-order valence-corrected chi connectivity index (χ2v) is 8.95. The molecule has 1 fully saturated rings. The van der Waals surface area contributed by atoms with Crippen LogP contribution in [0.15, 0.2) is 11.6 Å². The maximum Gasteiger partial charge on any atom is 0.410 e. The average Bonchev–Trinajstić information content (AvgIpc) is 3.27. The van der Waals surface area contributed by atoms with E-state index in [9.17, 15) is 14.4 Å². The number of likely N-dealkylation sites (tertiary alicyclic amines) is 1. The molecular formula is C19H30N4O5S. The van der Waals surface area contributed by atoms with E-state index in [0.29, 0.717) is 18.1 Å². The van der Waals surface area contributed by atoms with E-state index in [1.54, 1.807) is 23.6 Å². The maximum atomic E-state index is 12.6. The monoisotopic (exact) mass is 426 g/mol. The summed E-state index contributed by atoms with van der Waals surface area (Å²) in [5.74, 6) is -0.524. The first kappa shape index (κ1) is 23.1. The van der Waals surface area contributed by atoms with Gasteiger partial charge in [0.1, 0.15) is 5.60 Å². The van der Waals surface area contributed by atoms with Crippen molar-refractivity contribution < 1.29 is 23.9 Å². The SMILES string of the molecule is COC[C@@]1(CNC(=O)CCC(=O)Nc2nccs2)CCCN1C(=O)OC(C)(C)C. The van der Waals surface area contributed by atoms with Gasteiger partial charge in [0.2, 0.25) is 11.8 Å². The van der Waals surface area contributed by atoms with E-state index in [1.165, 1.54) is 11.3 Å². The number of ether oxygens (including phenoxy) is 2. The highest BCUT2D eigenvalue weighted by molar-refractivity contribution is 7.13. The number of methoxy groups -OCH3 is 1. The van der Waals surface area contributed by atoms with E-state index in [4.69, 9.17) is 9.47 Å². The molecule has 2 heterocycles. The number of thiazole rings is 1. The summed E-state index contributed by atoms with van der Waals surface area (Å²) >= 11 is 1.32. The number of carbonyl (C=O) groups is 3. The van der Waals surface area contributed by atoms with E-state index in [2.05, 4.69) is 15.6 Å². The van der Waals surface area contributed by atoms with Crippen LogP contribution in [0.2, 0.25) is 0 Å². The molecule has 0 aromatic carbocycles. The lowest BCUT2D eigenvalue weighted by Gasteiger charge is -2.38. The van der Waals surface area contributed by atoms with Gasteiger partial charge in [-0.3, -0.25) is 14.5 Å². The first-order valence-corrected chi connectivity index (χ1v) is 10.5. The van der Waals surface area contributed by atoms with Crippen molar-refractivity contribution in [2.45, 2.75) is 57.6 Å². The van der Waals surface area contributed by atoms with Gasteiger partial charge in [0.15, 0.2) is 5.13 Å². The molecule has 0 unspecified atom stereocenters. The molecule has 9 nitrogen and oxygen atoms in total. The number of hydrogen-bond donors (Lipinski definition) is 2. The lowest BCUT2D eigenvalue weighted by atomic mass is 9.97. The minimum atomic E-state index is -0.657. The fourth-order valence-corrected chi connectivity index (χ4v) is 3.78. The Labute approximate surface area is 175 Å². The Morgan fingerprint density at radius 1 is 1.28 bits per heavy atom. The molecule has 0 saturated carbocycles. The number of carbonyl (C=O) groups excluding carboxylic acids is 3. The second-order valence-electron chi connectivity index (χ2n) is 8.06. The predicted molar refractivity (Wildman–Crippen MR) is 110 cm³/mol. The molecule has 162 valence electrons. The third-order valence-corrected chi connectivity index (χ3v) is 5.18. The molecule has 1 atom stereocenters. The highest BCUT2D eigenvalue weighted by Gasteiger charge is 2.45. The largest absolute Gasteiger partial charge is 0.444 e. The van der Waals surface area contributed by atoms with Crippen LogP contribution in [0.1, 0.15) is 46.5 Å². The molecule has 2 rings (SSSR count). The Balaban J connectivity index is 1.89. The number of aromatic nitrogens is 1. The van der Waals surface area contributed by atoms with Gasteiger partial charge in [-0.25, -0.2) is 9.78 Å². The number of nitrogens with zero attached hydrogens (tertiary/aromatic N) is 2. The topological polar surface area (TPSA) is 110 Å². The molecule has 3 amide bonds. The van der Waals surface area contributed by atoms with Crippen LogP contribution >= 0.6 is 11.3 Å². The normalized spacial score (nSPS) is 19.1. The van der Waals surface area contributed by atoms with Crippen molar-refractivity contribution in [1.29, 1.82) is 0 Å². The lowest BCUT2D eigenvalue weighted by Crippen LogP contribution is -2.57. The number of anilines is 1. The maximum absolute atomic E-state index is 12.6. The van der Waals surface area contributed by atoms with Gasteiger partial charge in [-0.2, -0.15) is 0 Å². The molecule has 1 aromatic heterocycles. The smallest absolute Gasteiger partial charge is 0.410 e. The van der Waals surface area contributed by atoms with E-state index in [1.807, 2.05) is 20.8 Å². The van der Waals surface area contributed by atoms with Crippen LogP contribution in [-0.2, 0) is 19.1 Å². The molecule has 10 heteroatoms. The van der Waals surface area contributed by atoms with Crippen molar-refractivity contribution in [3.8, 4) is 0 Å². The first-order valence-electron chi connectivity index (χ1n) is 9.61. The molecule has 29 heavy (non-hydrogen) atoms. The van der Waals surface area contributed by atoms with Crippen LogP contribution in [0.25, 0.3) is 0 Å². The molecule has 1 saturated heterocycles. The fraction of sp³-hybridized carbons (Fsp3) is 0.684. The zero-order valence-electron chi connectivity index (χ0n) is 17.4. The molecule has 0 bridgehead atoms. The fourth-order valence-electron chi connectivity index (χ4n) is 3.24. The second kappa shape index (κ2) is 10.0. The summed E-state index contributed by atoms with van der Waals surface area (Å²) in [6, 6.07) is 0. The van der Waals surface area contributed by atoms with Crippen LogP contribution in [0.4, 0.5) is 9.93 Å². The van der Waals surface area contributed by atoms with Crippen LogP contribution in [0.5, 0.6) is 0 Å². The van der Waals surface area contributed by atoms with Gasteiger partial charge in [-0.05, 0) is 33.6 Å². The summed E-state index contributed by atoms with van der Waals surface area (Å²) in [4.78, 5) is 42.4. The van der Waals surface area contributed by atoms with Gasteiger partial charge < -0.3 is 20.1 Å². The van der Waals surface area contributed by atoms with Gasteiger partial charge in [0.05, 0.1) is 12.1 Å². The van der Waals surface area contributed by atoms with Crippen molar-refractivity contribution in [3.05, 3.63) is 11.6 Å².